The van der Waals surface area contributed by atoms with Crippen LogP contribution in [0.2, 0.25) is 0 Å². The van der Waals surface area contributed by atoms with Crippen LogP contribution in [0.3, 0.4) is 0 Å². The molecule has 1 aliphatic rings. The lowest BCUT2D eigenvalue weighted by Gasteiger charge is -2.31. The largest absolute Gasteiger partial charge is 0.383 e. The third-order valence-corrected chi connectivity index (χ3v) is 5.41. The van der Waals surface area contributed by atoms with E-state index in [1.165, 1.54) is 24.0 Å². The van der Waals surface area contributed by atoms with Crippen LogP contribution >= 0.6 is 0 Å². The van der Waals surface area contributed by atoms with Crippen LogP contribution in [0.15, 0.2) is 29.3 Å². The van der Waals surface area contributed by atoms with Crippen molar-refractivity contribution in [3.63, 3.8) is 0 Å². The number of benzene rings is 1. The van der Waals surface area contributed by atoms with Gasteiger partial charge in [0, 0.05) is 26.7 Å². The Morgan fingerprint density at radius 3 is 2.52 bits per heavy atom. The molecule has 27 heavy (non-hydrogen) atoms. The molecule has 1 saturated heterocycles. The Balaban J connectivity index is 1.84. The fourth-order valence-corrected chi connectivity index (χ4v) is 3.48. The molecule has 0 amide bonds. The second-order valence-corrected chi connectivity index (χ2v) is 7.46. The zero-order valence-corrected chi connectivity index (χ0v) is 17.6. The summed E-state index contributed by atoms with van der Waals surface area (Å²) in [5.74, 6) is 1.60. The lowest BCUT2D eigenvalue weighted by atomic mass is 9.97. The van der Waals surface area contributed by atoms with Crippen molar-refractivity contribution in [1.29, 1.82) is 0 Å². The van der Waals surface area contributed by atoms with Gasteiger partial charge in [-0.15, -0.1) is 0 Å². The minimum Gasteiger partial charge on any atom is -0.383 e. The molecule has 2 rings (SSSR count). The van der Waals surface area contributed by atoms with Crippen molar-refractivity contribution < 1.29 is 4.74 Å². The van der Waals surface area contributed by atoms with E-state index in [1.54, 1.807) is 7.11 Å². The van der Waals surface area contributed by atoms with Crippen LogP contribution in [-0.2, 0) is 11.2 Å². The summed E-state index contributed by atoms with van der Waals surface area (Å²) in [6, 6.07) is 9.11. The van der Waals surface area contributed by atoms with Gasteiger partial charge in [-0.3, -0.25) is 4.99 Å². The summed E-state index contributed by atoms with van der Waals surface area (Å²) in [6.07, 6.45) is 3.53. The topological polar surface area (TPSA) is 48.9 Å². The zero-order chi connectivity index (χ0) is 19.5. The molecular formula is C22H38N4O. The second-order valence-electron chi connectivity index (χ2n) is 7.46. The average Bonchev–Trinajstić information content (AvgIpc) is 2.71. The van der Waals surface area contributed by atoms with E-state index < -0.39 is 0 Å². The normalized spacial score (nSPS) is 17.7. The molecule has 1 aromatic rings. The van der Waals surface area contributed by atoms with Crippen LogP contribution in [0.25, 0.3) is 0 Å². The molecule has 1 aliphatic heterocycles. The first-order chi connectivity index (χ1) is 13.2. The van der Waals surface area contributed by atoms with Crippen LogP contribution in [0.1, 0.15) is 50.8 Å². The Bertz CT molecular complexity index is 550. The number of methoxy groups -OCH3 is 1. The second kappa shape index (κ2) is 12.0. The number of aryl methyl sites for hydroxylation is 1. The van der Waals surface area contributed by atoms with Gasteiger partial charge in [0.2, 0.25) is 0 Å². The number of hydrogen-bond acceptors (Lipinski definition) is 3. The highest BCUT2D eigenvalue weighted by molar-refractivity contribution is 5.80. The lowest BCUT2D eigenvalue weighted by Crippen LogP contribution is -2.40. The zero-order valence-electron chi connectivity index (χ0n) is 17.6. The van der Waals surface area contributed by atoms with Crippen molar-refractivity contribution in [2.45, 2.75) is 46.1 Å². The molecule has 5 nitrogen and oxygen atoms in total. The highest BCUT2D eigenvalue weighted by Crippen LogP contribution is 2.18. The Labute approximate surface area is 165 Å². The van der Waals surface area contributed by atoms with Gasteiger partial charge in [0.15, 0.2) is 5.96 Å². The number of rotatable bonds is 9. The number of piperidine rings is 1. The van der Waals surface area contributed by atoms with E-state index >= 15 is 0 Å². The van der Waals surface area contributed by atoms with Crippen molar-refractivity contribution in [3.8, 4) is 0 Å². The average molecular weight is 375 g/mol. The molecular weight excluding hydrogens is 336 g/mol. The van der Waals surface area contributed by atoms with Crippen LogP contribution < -0.4 is 10.6 Å². The Hall–Kier alpha value is -1.59. The molecule has 0 saturated carbocycles. The van der Waals surface area contributed by atoms with Gasteiger partial charge in [0.25, 0.3) is 0 Å². The van der Waals surface area contributed by atoms with E-state index in [4.69, 9.17) is 9.73 Å². The van der Waals surface area contributed by atoms with Crippen molar-refractivity contribution in [2.75, 3.05) is 46.4 Å². The maximum atomic E-state index is 5.18. The molecule has 1 aromatic carbocycles. The van der Waals surface area contributed by atoms with E-state index in [9.17, 15) is 0 Å². The first kappa shape index (κ1) is 21.7. The van der Waals surface area contributed by atoms with Gasteiger partial charge in [-0.2, -0.15) is 0 Å². The third kappa shape index (κ3) is 7.51. The van der Waals surface area contributed by atoms with Gasteiger partial charge in [-0.05, 0) is 63.2 Å². The fraction of sp³-hybridized carbons (Fsp3) is 0.682. The summed E-state index contributed by atoms with van der Waals surface area (Å²) in [5, 5.41) is 6.95. The molecule has 1 fully saturated rings. The summed E-state index contributed by atoms with van der Waals surface area (Å²) < 4.78 is 5.18. The highest BCUT2D eigenvalue weighted by atomic mass is 16.5. The summed E-state index contributed by atoms with van der Waals surface area (Å²) in [5.41, 5.74) is 2.67. The molecule has 2 N–H and O–H groups in total. The van der Waals surface area contributed by atoms with Crippen molar-refractivity contribution in [2.24, 2.45) is 10.9 Å². The number of hydrogen-bond donors (Lipinski definition) is 2. The van der Waals surface area contributed by atoms with Crippen molar-refractivity contribution >= 4 is 5.96 Å². The predicted octanol–water partition coefficient (Wildman–Crippen LogP) is 3.22. The van der Waals surface area contributed by atoms with E-state index in [0.29, 0.717) is 5.92 Å². The van der Waals surface area contributed by atoms with Crippen LogP contribution in [-0.4, -0.2) is 57.3 Å². The van der Waals surface area contributed by atoms with Gasteiger partial charge >= 0.3 is 0 Å². The summed E-state index contributed by atoms with van der Waals surface area (Å²) in [4.78, 5) is 7.37. The molecule has 0 radical (unpaired) electrons. The highest BCUT2D eigenvalue weighted by Gasteiger charge is 2.19. The van der Waals surface area contributed by atoms with E-state index in [0.717, 1.165) is 51.7 Å². The first-order valence-corrected chi connectivity index (χ1v) is 10.5. The molecule has 1 atom stereocenters. The van der Waals surface area contributed by atoms with Crippen LogP contribution in [0, 0.1) is 5.92 Å². The van der Waals surface area contributed by atoms with Gasteiger partial charge < -0.3 is 20.3 Å². The molecule has 1 unspecified atom stereocenters. The number of guanidine groups is 1. The molecule has 152 valence electrons. The molecule has 0 spiro atoms. The lowest BCUT2D eigenvalue weighted by molar-refractivity contribution is 0.121. The first-order valence-electron chi connectivity index (χ1n) is 10.5. The minimum atomic E-state index is 0.240. The fourth-order valence-electron chi connectivity index (χ4n) is 3.48. The van der Waals surface area contributed by atoms with Gasteiger partial charge in [-0.25, -0.2) is 0 Å². The summed E-state index contributed by atoms with van der Waals surface area (Å²) in [6.45, 7) is 12.5. The Morgan fingerprint density at radius 1 is 1.22 bits per heavy atom. The van der Waals surface area contributed by atoms with Gasteiger partial charge in [-0.1, -0.05) is 31.2 Å². The number of aliphatic imine (C=N–C) groups is 1. The molecule has 0 aromatic heterocycles. The standard InChI is InChI=1S/C22H38N4O/c1-5-19-7-9-21(10-8-19)18(3)25-22(23-6-2)24-17-20-11-13-26(14-12-20)15-16-27-4/h7-10,18,20H,5-6,11-17H2,1-4H3,(H2,23,24,25). The monoisotopic (exact) mass is 374 g/mol. The quantitative estimate of drug-likeness (QED) is 0.515. The van der Waals surface area contributed by atoms with Crippen LogP contribution in [0.4, 0.5) is 0 Å². The number of likely N-dealkylation sites (tertiary alicyclic amines) is 1. The van der Waals surface area contributed by atoms with E-state index in [2.05, 4.69) is 60.6 Å². The predicted molar refractivity (Wildman–Crippen MR) is 114 cm³/mol. The SMILES string of the molecule is CCNC(=NCC1CCN(CCOC)CC1)NC(C)c1ccc(CC)cc1. The third-order valence-electron chi connectivity index (χ3n) is 5.41. The summed E-state index contributed by atoms with van der Waals surface area (Å²) in [7, 11) is 1.77. The smallest absolute Gasteiger partial charge is 0.191 e. The van der Waals surface area contributed by atoms with E-state index in [-0.39, 0.29) is 6.04 Å². The van der Waals surface area contributed by atoms with Gasteiger partial charge in [0.05, 0.1) is 12.6 Å². The summed E-state index contributed by atoms with van der Waals surface area (Å²) >= 11 is 0. The van der Waals surface area contributed by atoms with Gasteiger partial charge in [0.1, 0.15) is 0 Å². The maximum absolute atomic E-state index is 5.18. The van der Waals surface area contributed by atoms with Crippen LogP contribution in [0.5, 0.6) is 0 Å². The maximum Gasteiger partial charge on any atom is 0.191 e. The molecule has 1 heterocycles. The number of nitrogens with zero attached hydrogens (tertiary/aromatic N) is 2. The molecule has 5 heteroatoms. The number of ether oxygens (including phenoxy) is 1. The number of nitrogens with one attached hydrogen (secondary N) is 2. The Morgan fingerprint density at radius 2 is 1.93 bits per heavy atom. The van der Waals surface area contributed by atoms with Crippen molar-refractivity contribution in [1.82, 2.24) is 15.5 Å². The molecule has 0 bridgehead atoms. The molecule has 0 aliphatic carbocycles. The van der Waals surface area contributed by atoms with E-state index in [1.807, 2.05) is 0 Å². The van der Waals surface area contributed by atoms with Crippen molar-refractivity contribution in [3.05, 3.63) is 35.4 Å². The Kier molecular flexibility index (Phi) is 9.64. The minimum absolute atomic E-state index is 0.240.